The maximum atomic E-state index is 13.1. The fraction of sp³-hybridized carbons (Fsp3) is 0.364. The van der Waals surface area contributed by atoms with Gasteiger partial charge < -0.3 is 15.1 Å². The van der Waals surface area contributed by atoms with Crippen LogP contribution in [0.15, 0.2) is 60.9 Å². The van der Waals surface area contributed by atoms with Crippen molar-refractivity contribution in [3.63, 3.8) is 0 Å². The number of aliphatic hydroxyl groups excluding tert-OH is 2. The maximum Gasteiger partial charge on any atom is 0.253 e. The first-order valence-corrected chi connectivity index (χ1v) is 10.1. The second kappa shape index (κ2) is 7.30. The van der Waals surface area contributed by atoms with E-state index in [9.17, 15) is 15.0 Å². The van der Waals surface area contributed by atoms with Gasteiger partial charge in [-0.25, -0.2) is 4.68 Å². The molecule has 8 nitrogen and oxygen atoms in total. The smallest absolute Gasteiger partial charge is 0.253 e. The summed E-state index contributed by atoms with van der Waals surface area (Å²) in [6.45, 7) is 1.27. The molecule has 154 valence electrons. The number of amides is 1. The third kappa shape index (κ3) is 3.00. The Morgan fingerprint density at radius 1 is 1.13 bits per heavy atom. The van der Waals surface area contributed by atoms with Gasteiger partial charge in [-0.2, -0.15) is 0 Å². The van der Waals surface area contributed by atoms with Crippen molar-refractivity contribution < 1.29 is 15.0 Å². The number of likely N-dealkylation sites (tertiary alicyclic amines) is 1. The molecule has 2 N–H and O–H groups in total. The quantitative estimate of drug-likeness (QED) is 0.654. The molecule has 3 aromatic rings. The van der Waals surface area contributed by atoms with Crippen molar-refractivity contribution in [1.82, 2.24) is 25.1 Å². The Labute approximate surface area is 173 Å². The van der Waals surface area contributed by atoms with Gasteiger partial charge in [0, 0.05) is 30.7 Å². The van der Waals surface area contributed by atoms with Crippen LogP contribution in [0.2, 0.25) is 0 Å². The Bertz CT molecular complexity index is 1020. The molecule has 0 radical (unpaired) electrons. The molecule has 0 bridgehead atoms. The summed E-state index contributed by atoms with van der Waals surface area (Å²) in [5.74, 6) is -0.0724. The van der Waals surface area contributed by atoms with Gasteiger partial charge in [-0.1, -0.05) is 42.5 Å². The number of carbonyl (C=O) groups excluding carboxylic acids is 1. The Kier molecular flexibility index (Phi) is 4.60. The molecule has 1 aromatic heterocycles. The summed E-state index contributed by atoms with van der Waals surface area (Å²) in [5.41, 5.74) is 2.21. The minimum Gasteiger partial charge on any atom is -0.396 e. The summed E-state index contributed by atoms with van der Waals surface area (Å²) >= 11 is 0. The van der Waals surface area contributed by atoms with Crippen LogP contribution in [-0.4, -0.2) is 67.0 Å². The Morgan fingerprint density at radius 3 is 2.57 bits per heavy atom. The molecule has 2 heterocycles. The first-order chi connectivity index (χ1) is 14.6. The number of hydrogen-bond acceptors (Lipinski definition) is 6. The molecule has 30 heavy (non-hydrogen) atoms. The van der Waals surface area contributed by atoms with E-state index in [-0.39, 0.29) is 30.9 Å². The van der Waals surface area contributed by atoms with Gasteiger partial charge in [-0.15, -0.1) is 5.10 Å². The van der Waals surface area contributed by atoms with Gasteiger partial charge in [-0.3, -0.25) is 4.79 Å². The summed E-state index contributed by atoms with van der Waals surface area (Å²) in [4.78, 5) is 14.8. The highest BCUT2D eigenvalue weighted by molar-refractivity contribution is 5.94. The second-order valence-electron chi connectivity index (χ2n) is 8.20. The third-order valence-electron chi connectivity index (χ3n) is 6.62. The van der Waals surface area contributed by atoms with Crippen LogP contribution in [0.1, 0.15) is 27.4 Å². The molecule has 1 spiro atoms. The summed E-state index contributed by atoms with van der Waals surface area (Å²) in [6, 6.07) is 17.3. The van der Waals surface area contributed by atoms with Crippen LogP contribution in [0.3, 0.4) is 0 Å². The van der Waals surface area contributed by atoms with E-state index in [0.29, 0.717) is 18.7 Å². The molecule has 1 saturated carbocycles. The van der Waals surface area contributed by atoms with Crippen molar-refractivity contribution in [3.8, 4) is 0 Å². The van der Waals surface area contributed by atoms with E-state index in [1.54, 1.807) is 28.0 Å². The summed E-state index contributed by atoms with van der Waals surface area (Å²) in [5, 5.41) is 31.9. The molecule has 2 aliphatic rings. The zero-order chi connectivity index (χ0) is 20.7. The standard InChI is InChI=1S/C22H23N5O3/c28-12-18-20(16-4-2-1-3-5-16)22(18)13-26(11-19(22)29)21(30)17-8-6-15(7-9-17)10-27-14-23-24-25-27/h1-9,14,18-20,28-29H,10-13H2/t18-,19+,20-,22-/m1/s1. The van der Waals surface area contributed by atoms with Crippen LogP contribution >= 0.6 is 0 Å². The number of rotatable bonds is 5. The van der Waals surface area contributed by atoms with Crippen molar-refractivity contribution in [2.45, 2.75) is 18.6 Å². The highest BCUT2D eigenvalue weighted by atomic mass is 16.3. The fourth-order valence-electron chi connectivity index (χ4n) is 5.10. The molecule has 8 heteroatoms. The average Bonchev–Trinajstić information content (AvgIpc) is 3.03. The minimum atomic E-state index is -0.650. The SMILES string of the molecule is O=C(c1ccc(Cn2cnnn2)cc1)N1C[C@H](O)[C@@]2(C1)[C@H](CO)[C@H]2c1ccccc1. The van der Waals surface area contributed by atoms with Gasteiger partial charge in [0.05, 0.1) is 12.6 Å². The summed E-state index contributed by atoms with van der Waals surface area (Å²) < 4.78 is 1.61. The topological polar surface area (TPSA) is 104 Å². The van der Waals surface area contributed by atoms with Crippen LogP contribution in [0.25, 0.3) is 0 Å². The van der Waals surface area contributed by atoms with Gasteiger partial charge in [-0.05, 0) is 45.5 Å². The van der Waals surface area contributed by atoms with E-state index in [1.807, 2.05) is 42.5 Å². The van der Waals surface area contributed by atoms with Crippen molar-refractivity contribution >= 4 is 5.91 Å². The second-order valence-corrected chi connectivity index (χ2v) is 8.20. The predicted molar refractivity (Wildman–Crippen MR) is 107 cm³/mol. The number of carbonyl (C=O) groups is 1. The molecule has 4 atom stereocenters. The lowest BCUT2D eigenvalue weighted by molar-refractivity contribution is 0.0764. The molecule has 5 rings (SSSR count). The molecule has 1 aliphatic carbocycles. The van der Waals surface area contributed by atoms with Crippen molar-refractivity contribution in [2.24, 2.45) is 11.3 Å². The number of tetrazole rings is 1. The van der Waals surface area contributed by atoms with Crippen LogP contribution in [-0.2, 0) is 6.54 Å². The van der Waals surface area contributed by atoms with Gasteiger partial charge in [0.25, 0.3) is 5.91 Å². The minimum absolute atomic E-state index is 0.00446. The van der Waals surface area contributed by atoms with Crippen LogP contribution in [0.4, 0.5) is 0 Å². The predicted octanol–water partition coefficient (Wildman–Crippen LogP) is 0.930. The number of benzene rings is 2. The van der Waals surface area contributed by atoms with Gasteiger partial charge in [0.1, 0.15) is 6.33 Å². The van der Waals surface area contributed by atoms with E-state index >= 15 is 0 Å². The number of nitrogens with zero attached hydrogens (tertiary/aromatic N) is 5. The van der Waals surface area contributed by atoms with Crippen LogP contribution in [0, 0.1) is 11.3 Å². The van der Waals surface area contributed by atoms with E-state index < -0.39 is 11.5 Å². The molecular weight excluding hydrogens is 382 g/mol. The lowest BCUT2D eigenvalue weighted by atomic mass is 9.95. The average molecular weight is 405 g/mol. The van der Waals surface area contributed by atoms with E-state index in [1.165, 1.54) is 0 Å². The van der Waals surface area contributed by atoms with Crippen molar-refractivity contribution in [3.05, 3.63) is 77.6 Å². The van der Waals surface area contributed by atoms with Crippen LogP contribution in [0.5, 0.6) is 0 Å². The summed E-state index contributed by atoms with van der Waals surface area (Å²) in [6.07, 6.45) is 0.892. The van der Waals surface area contributed by atoms with Crippen molar-refractivity contribution in [1.29, 1.82) is 0 Å². The van der Waals surface area contributed by atoms with Gasteiger partial charge >= 0.3 is 0 Å². The first-order valence-electron chi connectivity index (χ1n) is 10.1. The molecule has 1 saturated heterocycles. The monoisotopic (exact) mass is 405 g/mol. The number of β-amino-alcohol motifs (C(OH)–C–C–N with tert-alkyl or cyclic N) is 1. The van der Waals surface area contributed by atoms with Gasteiger partial charge in [0.15, 0.2) is 0 Å². The van der Waals surface area contributed by atoms with Crippen molar-refractivity contribution in [2.75, 3.05) is 19.7 Å². The maximum absolute atomic E-state index is 13.1. The number of aromatic nitrogens is 4. The molecular formula is C22H23N5O3. The van der Waals surface area contributed by atoms with E-state index in [4.69, 9.17) is 0 Å². The molecule has 1 aliphatic heterocycles. The molecule has 1 amide bonds. The lowest BCUT2D eigenvalue weighted by Gasteiger charge is -2.17. The highest BCUT2D eigenvalue weighted by Gasteiger charge is 2.71. The Balaban J connectivity index is 1.32. The fourth-order valence-corrected chi connectivity index (χ4v) is 5.10. The highest BCUT2D eigenvalue weighted by Crippen LogP contribution is 2.68. The molecule has 2 fully saturated rings. The lowest BCUT2D eigenvalue weighted by Crippen LogP contribution is -2.29. The largest absolute Gasteiger partial charge is 0.396 e. The van der Waals surface area contributed by atoms with E-state index in [2.05, 4.69) is 15.5 Å². The molecule has 2 aromatic carbocycles. The third-order valence-corrected chi connectivity index (χ3v) is 6.62. The Morgan fingerprint density at radius 2 is 1.90 bits per heavy atom. The first kappa shape index (κ1) is 18.9. The number of hydrogen-bond donors (Lipinski definition) is 2. The van der Waals surface area contributed by atoms with Gasteiger partial charge in [0.2, 0.25) is 0 Å². The number of aliphatic hydroxyl groups is 2. The van der Waals surface area contributed by atoms with Crippen LogP contribution < -0.4 is 0 Å². The summed E-state index contributed by atoms with van der Waals surface area (Å²) in [7, 11) is 0. The zero-order valence-electron chi connectivity index (χ0n) is 16.4. The molecule has 0 unspecified atom stereocenters. The Hall–Kier alpha value is -3.10. The van der Waals surface area contributed by atoms with E-state index in [0.717, 1.165) is 11.1 Å². The normalized spacial score (nSPS) is 27.5. The zero-order valence-corrected chi connectivity index (χ0v) is 16.4.